The lowest BCUT2D eigenvalue weighted by molar-refractivity contribution is -0.461. The number of halogens is 36. The molecule has 4 unspecified atom stereocenters. The van der Waals surface area contributed by atoms with Crippen LogP contribution in [0.25, 0.3) is 0 Å². The van der Waals surface area contributed by atoms with Crippen LogP contribution in [0.3, 0.4) is 0 Å². The molecule has 0 heterocycles. The van der Waals surface area contributed by atoms with Gasteiger partial charge in [0, 0.05) is 12.8 Å². The van der Waals surface area contributed by atoms with Gasteiger partial charge in [0.2, 0.25) is 0 Å². The highest BCUT2D eigenvalue weighted by atomic mass is 35.5. The van der Waals surface area contributed by atoms with E-state index in [-0.39, 0.29) is 40.8 Å². The molecule has 0 aliphatic heterocycles. The van der Waals surface area contributed by atoms with Gasteiger partial charge in [-0.05, 0) is 151 Å². The monoisotopic (exact) mass is 1960 g/mol. The summed E-state index contributed by atoms with van der Waals surface area (Å²) in [4.78, 5) is 69.9. The summed E-state index contributed by atoms with van der Waals surface area (Å²) in [5.74, 6) is -122. The van der Waals surface area contributed by atoms with E-state index in [4.69, 9.17) is 64.6 Å². The second kappa shape index (κ2) is 42.5. The second-order valence-corrected chi connectivity index (χ2v) is 29.6. The number of alkyl carbamates (subject to hydrolysis) is 2. The van der Waals surface area contributed by atoms with E-state index in [0.29, 0.717) is 11.1 Å². The van der Waals surface area contributed by atoms with Crippen LogP contribution in [0.2, 0.25) is 0 Å². The zero-order valence-electron chi connectivity index (χ0n) is 66.1. The van der Waals surface area contributed by atoms with Crippen molar-refractivity contribution in [3.8, 4) is 23.0 Å². The first-order chi connectivity index (χ1) is 56.5. The van der Waals surface area contributed by atoms with E-state index in [0.717, 1.165) is 40.5 Å². The molecule has 0 saturated carbocycles. The minimum atomic E-state index is -8.75. The number of hydrogen-bond donors (Lipinski definition) is 10. The number of aromatic hydroxyl groups is 4. The van der Waals surface area contributed by atoms with Crippen molar-refractivity contribution in [1.29, 1.82) is 0 Å². The van der Waals surface area contributed by atoms with Crippen molar-refractivity contribution < 1.29 is 228 Å². The summed E-state index contributed by atoms with van der Waals surface area (Å²) in [5, 5.41) is 58.8. The molecule has 0 radical (unpaired) electrons. The Bertz CT molecular complexity index is 4380. The number of phenols is 4. The molecule has 20 nitrogen and oxygen atoms in total. The SMILES string of the molecule is Cc1ccc(CC(NC(=O)OC(C)(C)C)C(=O)O)cc1C.Cc1ccc(CC(NC(=O)OC(C)(C)C)C(=O)OCCC(F)(F)C(F)(F)C(F)(F)C(F)(F)C(F)(F)C(F)(F)C(F)(F)C(F)(F)F)cc1C.ClCCl.NC(Cc1ccc(O)c(O)c1)C(=O)O.NC(Cc1ccc(O)c(O)c1)C(=O)OCCC(F)(F)C(F)(F)C(F)(F)C(F)(F)C(F)(F)C(F)(F)C(F)(F)C(F)(F)F. The molecule has 12 N–H and O–H groups in total. The maximum Gasteiger partial charge on any atom is 0.460 e. The normalized spacial score (nSPS) is 14.4. The average molecular weight is 1960 g/mol. The molecule has 127 heavy (non-hydrogen) atoms. The minimum absolute atomic E-state index is 0.0442. The summed E-state index contributed by atoms with van der Waals surface area (Å²) in [6, 6.07) is 11.2. The fraction of sp³-hybridized carbons (Fsp3) is 0.577. The van der Waals surface area contributed by atoms with Gasteiger partial charge < -0.3 is 71.7 Å². The average Bonchev–Trinajstić information content (AvgIpc) is 0.699. The molecule has 0 fully saturated rings. The van der Waals surface area contributed by atoms with Gasteiger partial charge in [0.25, 0.3) is 0 Å². The zero-order valence-corrected chi connectivity index (χ0v) is 67.6. The summed E-state index contributed by atoms with van der Waals surface area (Å²) in [5.41, 5.74) is 14.0. The summed E-state index contributed by atoms with van der Waals surface area (Å²) >= 11 is 9.53. The number of benzene rings is 4. The Balaban J connectivity index is 0.00000179. The molecule has 0 aliphatic carbocycles. The van der Waals surface area contributed by atoms with Gasteiger partial charge in [-0.15, -0.1) is 23.2 Å². The largest absolute Gasteiger partial charge is 0.504 e. The molecule has 2 amide bonds. The predicted octanol–water partition coefficient (Wildman–Crippen LogP) is 18.9. The Kier molecular flexibility index (Phi) is 39.3. The molecule has 0 aromatic heterocycles. The third kappa shape index (κ3) is 28.3. The minimum Gasteiger partial charge on any atom is -0.504 e. The maximum absolute atomic E-state index is 14.2. The van der Waals surface area contributed by atoms with Gasteiger partial charge in [0.1, 0.15) is 35.4 Å². The van der Waals surface area contributed by atoms with Gasteiger partial charge >= 0.3 is 131 Å². The Morgan fingerprint density at radius 2 is 0.591 bits per heavy atom. The number of nitrogens with one attached hydrogen (secondary N) is 2. The first-order valence-electron chi connectivity index (χ1n) is 34.4. The highest BCUT2D eigenvalue weighted by Crippen LogP contribution is 2.66. The number of carbonyl (C=O) groups is 6. The van der Waals surface area contributed by atoms with Gasteiger partial charge in [-0.2, -0.15) is 149 Å². The van der Waals surface area contributed by atoms with Crippen molar-refractivity contribution in [1.82, 2.24) is 10.6 Å². The smallest absolute Gasteiger partial charge is 0.460 e. The number of aryl methyl sites for hydroxylation is 4. The third-order valence-electron chi connectivity index (χ3n) is 16.5. The number of rotatable bonds is 32. The molecule has 728 valence electrons. The first kappa shape index (κ1) is 118. The standard InChI is InChI=1S/C26H26F17NO4.C19H14F17NO4.C16H23NO4.C9H11NO4.CH2Cl2/c1-12-6-7-14(10-13(12)2)11-15(44-17(46)48-18(3,4)5)16(45)47-9-8-19(27,28)20(29,30)21(31,32)22(33,34)23(35,36)24(37,38)25(39,40)26(41,42)43;20-12(21,3-4-41-11(40)8(37)5-7-1-2-9(38)10(39)6-7)13(22,23)14(24,25)15(26,27)16(28,29)17(30,31)18(32,33)19(34,35)36;1-10-6-7-12(8-11(10)2)9-13(14(18)19)17-15(20)21-16(3,4)5;10-6(9(13)14)3-5-1-2-7(11)8(12)4-5;2-1-3/h6-7,10,15H,8-9,11H2,1-5H3,(H,44,46);1-2,6,8,38-39H,3-5,37H2;6-8,13H,9H2,1-5H3,(H,17,20)(H,18,19);1-2,4,6,11-12H,3,10H2,(H,13,14);1H2. The molecule has 0 saturated heterocycles. The quantitative estimate of drug-likeness (QED) is 0.00714. The van der Waals surface area contributed by atoms with Crippen molar-refractivity contribution in [3.05, 3.63) is 117 Å². The van der Waals surface area contributed by atoms with Gasteiger partial charge in [-0.1, -0.05) is 48.5 Å². The summed E-state index contributed by atoms with van der Waals surface area (Å²) < 4.78 is 472. The number of carboxylic acids is 2. The summed E-state index contributed by atoms with van der Waals surface area (Å²) in [6.45, 7) is 12.2. The van der Waals surface area contributed by atoms with E-state index >= 15 is 0 Å². The van der Waals surface area contributed by atoms with Gasteiger partial charge in [0.05, 0.1) is 31.4 Å². The molecule has 0 bridgehead atoms. The van der Waals surface area contributed by atoms with Crippen molar-refractivity contribution in [3.63, 3.8) is 0 Å². The van der Waals surface area contributed by atoms with Crippen LogP contribution in [0.15, 0.2) is 72.8 Å². The number of alkyl halides is 36. The molecular weight excluding hydrogens is 1880 g/mol. The molecule has 4 atom stereocenters. The van der Waals surface area contributed by atoms with Crippen LogP contribution < -0.4 is 22.1 Å². The third-order valence-corrected chi connectivity index (χ3v) is 16.5. The number of amides is 2. The number of hydrogen-bond acceptors (Lipinski definition) is 16. The van der Waals surface area contributed by atoms with Crippen molar-refractivity contribution in [2.24, 2.45) is 11.5 Å². The molecule has 4 rings (SSSR count). The zero-order chi connectivity index (χ0) is 101. The number of aliphatic carboxylic acids is 2. The number of ether oxygens (including phenoxy) is 4. The topological polar surface area (TPSA) is 337 Å². The Hall–Kier alpha value is -9.38. The van der Waals surface area contributed by atoms with E-state index in [1.165, 1.54) is 57.2 Å². The van der Waals surface area contributed by atoms with Crippen molar-refractivity contribution in [2.75, 3.05) is 18.6 Å². The molecule has 4 aromatic rings. The molecule has 4 aromatic carbocycles. The van der Waals surface area contributed by atoms with Crippen LogP contribution in [-0.4, -0.2) is 216 Å². The number of carbonyl (C=O) groups excluding carboxylic acids is 4. The van der Waals surface area contributed by atoms with Crippen LogP contribution in [0, 0.1) is 27.7 Å². The maximum atomic E-state index is 14.2. The fourth-order valence-corrected chi connectivity index (χ4v) is 9.17. The van der Waals surface area contributed by atoms with Crippen LogP contribution >= 0.6 is 23.2 Å². The van der Waals surface area contributed by atoms with Crippen LogP contribution in [-0.2, 0) is 63.8 Å². The van der Waals surface area contributed by atoms with E-state index in [1.807, 2.05) is 37.4 Å². The lowest BCUT2D eigenvalue weighted by atomic mass is 9.88. The van der Waals surface area contributed by atoms with E-state index < -0.39 is 217 Å². The van der Waals surface area contributed by atoms with E-state index in [2.05, 4.69) is 14.8 Å². The lowest BCUT2D eigenvalue weighted by Gasteiger charge is -2.42. The van der Waals surface area contributed by atoms with Gasteiger partial charge in [-0.25, -0.2) is 19.2 Å². The number of esters is 2. The first-order valence-corrected chi connectivity index (χ1v) is 35.5. The van der Waals surface area contributed by atoms with Crippen molar-refractivity contribution in [2.45, 2.75) is 238 Å². The number of carboxylic acid groups (broad SMARTS) is 2. The van der Waals surface area contributed by atoms with Crippen LogP contribution in [0.5, 0.6) is 23.0 Å². The van der Waals surface area contributed by atoms with E-state index in [1.54, 1.807) is 34.6 Å². The highest BCUT2D eigenvalue weighted by Gasteiger charge is 2.97. The second-order valence-electron chi connectivity index (χ2n) is 28.8. The summed E-state index contributed by atoms with van der Waals surface area (Å²) in [7, 11) is 0. The predicted molar refractivity (Wildman–Crippen MR) is 373 cm³/mol. The van der Waals surface area contributed by atoms with Crippen molar-refractivity contribution >= 4 is 59.3 Å². The van der Waals surface area contributed by atoms with Gasteiger partial charge in [-0.3, -0.25) is 9.59 Å². The molecule has 56 heteroatoms. The number of phenolic OH excluding ortho intramolecular Hbond substituents is 4. The Labute approximate surface area is 704 Å². The fourth-order valence-electron chi connectivity index (χ4n) is 9.17. The van der Waals surface area contributed by atoms with Crippen LogP contribution in [0.1, 0.15) is 98.9 Å². The van der Waals surface area contributed by atoms with Crippen LogP contribution in [0.4, 0.5) is 159 Å². The molecular formula is C71H76Cl2F34N4O16. The molecule has 0 aliphatic rings. The number of nitrogens with two attached hydrogens (primary N) is 2. The van der Waals surface area contributed by atoms with E-state index in [9.17, 15) is 188 Å². The van der Waals surface area contributed by atoms with Gasteiger partial charge in [0.15, 0.2) is 23.0 Å². The summed E-state index contributed by atoms with van der Waals surface area (Å²) in [6.07, 6.45) is -24.5. The Morgan fingerprint density at radius 3 is 0.858 bits per heavy atom. The Morgan fingerprint density at radius 1 is 0.339 bits per heavy atom. The molecule has 0 spiro atoms. The lowest BCUT2D eigenvalue weighted by Crippen LogP contribution is -2.74. The highest BCUT2D eigenvalue weighted by molar-refractivity contribution is 6.40.